The molecule has 0 unspecified atom stereocenters. The first-order chi connectivity index (χ1) is 10.3. The van der Waals surface area contributed by atoms with Crippen LogP contribution in [0.15, 0.2) is 18.2 Å². The molecular formula is C16H23ClN2O2. The van der Waals surface area contributed by atoms with Gasteiger partial charge >= 0.3 is 0 Å². The zero-order valence-corrected chi connectivity index (χ0v) is 13.5. The molecule has 0 aliphatic rings. The molecule has 4 nitrogen and oxygen atoms in total. The highest BCUT2D eigenvalue weighted by molar-refractivity contribution is 6.16. The van der Waals surface area contributed by atoms with Crippen LogP contribution in [0.5, 0.6) is 0 Å². The number of hydrogen-bond acceptors (Lipinski definition) is 3. The number of hydrogen-bond donors (Lipinski definition) is 0. The quantitative estimate of drug-likeness (QED) is 0.525. The van der Waals surface area contributed by atoms with Crippen LogP contribution < -0.4 is 0 Å². The van der Waals surface area contributed by atoms with Gasteiger partial charge < -0.3 is 14.0 Å². The first-order valence-electron chi connectivity index (χ1n) is 7.34. The zero-order valence-electron chi connectivity index (χ0n) is 12.8. The van der Waals surface area contributed by atoms with E-state index < -0.39 is 0 Å². The predicted molar refractivity (Wildman–Crippen MR) is 86.0 cm³/mol. The number of aromatic nitrogens is 2. The number of unbranched alkanes of at least 4 members (excludes halogenated alkanes) is 1. The summed E-state index contributed by atoms with van der Waals surface area (Å²) in [5.41, 5.74) is 3.42. The molecule has 0 atom stereocenters. The van der Waals surface area contributed by atoms with Gasteiger partial charge in [-0.25, -0.2) is 4.98 Å². The van der Waals surface area contributed by atoms with E-state index >= 15 is 0 Å². The summed E-state index contributed by atoms with van der Waals surface area (Å²) in [7, 11) is 1.68. The van der Waals surface area contributed by atoms with Gasteiger partial charge in [0.15, 0.2) is 0 Å². The number of halogens is 1. The second kappa shape index (κ2) is 8.37. The number of imidazole rings is 1. The van der Waals surface area contributed by atoms with Crippen molar-refractivity contribution in [2.75, 3.05) is 26.9 Å². The molecule has 0 bridgehead atoms. The van der Waals surface area contributed by atoms with E-state index in [4.69, 9.17) is 21.1 Å². The fourth-order valence-electron chi connectivity index (χ4n) is 2.36. The third kappa shape index (κ3) is 4.43. The molecule has 0 amide bonds. The Morgan fingerprint density at radius 2 is 2.05 bits per heavy atom. The molecular weight excluding hydrogens is 288 g/mol. The van der Waals surface area contributed by atoms with E-state index in [0.29, 0.717) is 19.1 Å². The first kappa shape index (κ1) is 16.3. The Balaban J connectivity index is 1.91. The van der Waals surface area contributed by atoms with E-state index in [1.165, 1.54) is 5.56 Å². The first-order valence-corrected chi connectivity index (χ1v) is 7.88. The van der Waals surface area contributed by atoms with Gasteiger partial charge in [-0.05, 0) is 37.5 Å². The lowest BCUT2D eigenvalue weighted by atomic mass is 10.2. The van der Waals surface area contributed by atoms with Gasteiger partial charge in [0, 0.05) is 20.3 Å². The molecule has 0 saturated carbocycles. The van der Waals surface area contributed by atoms with Gasteiger partial charge in [-0.3, -0.25) is 0 Å². The Bertz CT molecular complexity index is 569. The van der Waals surface area contributed by atoms with E-state index in [-0.39, 0.29) is 0 Å². The number of ether oxygens (including phenoxy) is 2. The van der Waals surface area contributed by atoms with Gasteiger partial charge in [0.05, 0.1) is 30.1 Å². The van der Waals surface area contributed by atoms with Crippen molar-refractivity contribution in [1.29, 1.82) is 0 Å². The summed E-state index contributed by atoms with van der Waals surface area (Å²) in [4.78, 5) is 4.61. The summed E-state index contributed by atoms with van der Waals surface area (Å²) < 4.78 is 12.6. The molecule has 1 aromatic carbocycles. The van der Waals surface area contributed by atoms with Crippen molar-refractivity contribution < 1.29 is 9.47 Å². The molecule has 21 heavy (non-hydrogen) atoms. The highest BCUT2D eigenvalue weighted by atomic mass is 35.5. The number of benzene rings is 1. The van der Waals surface area contributed by atoms with E-state index in [9.17, 15) is 0 Å². The number of nitrogens with zero attached hydrogens (tertiary/aromatic N) is 2. The molecule has 1 heterocycles. The van der Waals surface area contributed by atoms with Crippen molar-refractivity contribution in [2.24, 2.45) is 0 Å². The fourth-order valence-corrected chi connectivity index (χ4v) is 2.56. The highest BCUT2D eigenvalue weighted by Crippen LogP contribution is 2.19. The number of aryl methyl sites for hydroxylation is 2. The third-order valence-electron chi connectivity index (χ3n) is 3.45. The molecule has 0 fully saturated rings. The summed E-state index contributed by atoms with van der Waals surface area (Å²) in [5, 5.41) is 0. The minimum Gasteiger partial charge on any atom is -0.382 e. The molecule has 0 radical (unpaired) electrons. The summed E-state index contributed by atoms with van der Waals surface area (Å²) >= 11 is 6.02. The van der Waals surface area contributed by atoms with E-state index in [1.54, 1.807) is 7.11 Å². The Morgan fingerprint density at radius 3 is 2.81 bits per heavy atom. The van der Waals surface area contributed by atoms with Gasteiger partial charge in [-0.1, -0.05) is 6.07 Å². The van der Waals surface area contributed by atoms with Crippen LogP contribution in [0.3, 0.4) is 0 Å². The van der Waals surface area contributed by atoms with E-state index in [2.05, 4.69) is 34.7 Å². The molecule has 0 spiro atoms. The van der Waals surface area contributed by atoms with Crippen LogP contribution in [-0.2, 0) is 21.9 Å². The van der Waals surface area contributed by atoms with Crippen molar-refractivity contribution in [3.63, 3.8) is 0 Å². The van der Waals surface area contributed by atoms with Crippen molar-refractivity contribution in [1.82, 2.24) is 9.55 Å². The largest absolute Gasteiger partial charge is 0.382 e. The van der Waals surface area contributed by atoms with E-state index in [1.807, 2.05) is 0 Å². The van der Waals surface area contributed by atoms with Crippen LogP contribution in [-0.4, -0.2) is 36.5 Å². The summed E-state index contributed by atoms with van der Waals surface area (Å²) in [6, 6.07) is 6.35. The minimum absolute atomic E-state index is 0.443. The number of alkyl halides is 1. The fraction of sp³-hybridized carbons (Fsp3) is 0.562. The summed E-state index contributed by atoms with van der Waals surface area (Å²) in [6.45, 7) is 5.09. The van der Waals surface area contributed by atoms with Crippen LogP contribution >= 0.6 is 11.6 Å². The van der Waals surface area contributed by atoms with Crippen LogP contribution in [0.25, 0.3) is 11.0 Å². The molecule has 0 saturated heterocycles. The maximum absolute atomic E-state index is 6.02. The average molecular weight is 311 g/mol. The topological polar surface area (TPSA) is 36.3 Å². The maximum Gasteiger partial charge on any atom is 0.124 e. The predicted octanol–water partition coefficient (Wildman–Crippen LogP) is 3.53. The molecule has 2 rings (SSSR count). The Kier molecular flexibility index (Phi) is 6.49. The lowest BCUT2D eigenvalue weighted by molar-refractivity contribution is 0.0684. The van der Waals surface area contributed by atoms with Gasteiger partial charge in [0.2, 0.25) is 0 Å². The van der Waals surface area contributed by atoms with Crippen LogP contribution in [0.2, 0.25) is 0 Å². The minimum atomic E-state index is 0.443. The smallest absolute Gasteiger partial charge is 0.124 e. The van der Waals surface area contributed by atoms with Crippen molar-refractivity contribution >= 4 is 22.6 Å². The Hall–Kier alpha value is -1.10. The van der Waals surface area contributed by atoms with Crippen molar-refractivity contribution in [3.8, 4) is 0 Å². The highest BCUT2D eigenvalue weighted by Gasteiger charge is 2.09. The lowest BCUT2D eigenvalue weighted by Crippen LogP contribution is -2.06. The Labute approximate surface area is 131 Å². The zero-order chi connectivity index (χ0) is 15.1. The van der Waals surface area contributed by atoms with Crippen molar-refractivity contribution in [3.05, 3.63) is 29.6 Å². The summed E-state index contributed by atoms with van der Waals surface area (Å²) in [6.07, 6.45) is 2.08. The summed E-state index contributed by atoms with van der Waals surface area (Å²) in [5.74, 6) is 1.38. The monoisotopic (exact) mass is 310 g/mol. The second-order valence-electron chi connectivity index (χ2n) is 5.12. The SMILES string of the molecule is COCCOCCCCn1c(CCl)nc2cc(C)ccc21. The maximum atomic E-state index is 6.02. The van der Waals surface area contributed by atoms with Crippen molar-refractivity contribution in [2.45, 2.75) is 32.2 Å². The molecule has 0 N–H and O–H groups in total. The number of methoxy groups -OCH3 is 1. The average Bonchev–Trinajstić information content (AvgIpc) is 2.83. The Morgan fingerprint density at radius 1 is 1.19 bits per heavy atom. The molecule has 0 aliphatic heterocycles. The van der Waals surface area contributed by atoms with Gasteiger partial charge in [0.25, 0.3) is 0 Å². The van der Waals surface area contributed by atoms with Crippen LogP contribution in [0.4, 0.5) is 0 Å². The number of rotatable bonds is 9. The van der Waals surface area contributed by atoms with Crippen LogP contribution in [0.1, 0.15) is 24.2 Å². The second-order valence-corrected chi connectivity index (χ2v) is 5.39. The van der Waals surface area contributed by atoms with E-state index in [0.717, 1.165) is 42.9 Å². The molecule has 116 valence electrons. The van der Waals surface area contributed by atoms with Gasteiger partial charge in [-0.15, -0.1) is 11.6 Å². The van der Waals surface area contributed by atoms with Gasteiger partial charge in [0.1, 0.15) is 5.82 Å². The number of fused-ring (bicyclic) bond motifs is 1. The molecule has 2 aromatic rings. The van der Waals surface area contributed by atoms with Gasteiger partial charge in [-0.2, -0.15) is 0 Å². The van der Waals surface area contributed by atoms with Crippen LogP contribution in [0, 0.1) is 6.92 Å². The molecule has 0 aliphatic carbocycles. The third-order valence-corrected chi connectivity index (χ3v) is 3.69. The standard InChI is InChI=1S/C16H23ClN2O2/c1-13-5-6-15-14(11-13)18-16(12-17)19(15)7-3-4-8-21-10-9-20-2/h5-6,11H,3-4,7-10,12H2,1-2H3. The lowest BCUT2D eigenvalue weighted by Gasteiger charge is -2.08. The normalized spacial score (nSPS) is 11.4. The molecule has 1 aromatic heterocycles. The molecule has 5 heteroatoms.